The predicted molar refractivity (Wildman–Crippen MR) is 86.5 cm³/mol. The molecule has 3 rings (SSSR count). The number of carbonyl (C=O) groups excluding carboxylic acids is 1. The van der Waals surface area contributed by atoms with E-state index in [1.54, 1.807) is 12.1 Å². The molecule has 1 aliphatic heterocycles. The number of carboxylic acid groups (broad SMARTS) is 1. The number of hydrogen-bond acceptors (Lipinski definition) is 7. The third kappa shape index (κ3) is 3.49. The van der Waals surface area contributed by atoms with E-state index in [9.17, 15) is 24.7 Å². The van der Waals surface area contributed by atoms with Crippen molar-refractivity contribution in [3.63, 3.8) is 0 Å². The van der Waals surface area contributed by atoms with Crippen molar-refractivity contribution in [1.82, 2.24) is 15.1 Å². The Kier molecular flexibility index (Phi) is 4.58. The molecular formula is C14H13BN4O7. The van der Waals surface area contributed by atoms with Crippen LogP contribution < -0.4 is 9.97 Å². The van der Waals surface area contributed by atoms with Crippen molar-refractivity contribution in [2.24, 2.45) is 0 Å². The van der Waals surface area contributed by atoms with Crippen molar-refractivity contribution in [3.05, 3.63) is 51.8 Å². The predicted octanol–water partition coefficient (Wildman–Crippen LogP) is -0.371. The van der Waals surface area contributed by atoms with Gasteiger partial charge in [-0.2, -0.15) is 5.10 Å². The van der Waals surface area contributed by atoms with Crippen LogP contribution in [0.15, 0.2) is 30.6 Å². The molecule has 2 heterocycles. The van der Waals surface area contributed by atoms with E-state index in [1.807, 2.05) is 0 Å². The van der Waals surface area contributed by atoms with Gasteiger partial charge < -0.3 is 20.1 Å². The first-order valence-electron chi connectivity index (χ1n) is 7.51. The van der Waals surface area contributed by atoms with Gasteiger partial charge in [-0.1, -0.05) is 12.1 Å². The standard InChI is InChI=1S/C14H13BN4O7/c20-12(7-18-6-9(5-16-18)19(24)25)17-11-4-8-2-1-3-10(14(21)22)13(8)26-15(11)23/h1-3,5-6,11,23H,4,7H2,(H,17,20)(H,21,22)/t11-/m0/s1. The summed E-state index contributed by atoms with van der Waals surface area (Å²) in [6, 6.07) is 4.55. The molecule has 1 aromatic heterocycles. The summed E-state index contributed by atoms with van der Waals surface area (Å²) in [7, 11) is -1.43. The third-order valence-electron chi connectivity index (χ3n) is 3.83. The molecule has 0 saturated carbocycles. The minimum atomic E-state index is -1.43. The number of aromatic nitrogens is 2. The van der Waals surface area contributed by atoms with Gasteiger partial charge in [0.15, 0.2) is 0 Å². The van der Waals surface area contributed by atoms with E-state index < -0.39 is 29.9 Å². The first-order valence-corrected chi connectivity index (χ1v) is 7.51. The number of carbonyl (C=O) groups is 2. The van der Waals surface area contributed by atoms with Crippen molar-refractivity contribution in [2.45, 2.75) is 18.9 Å². The number of benzene rings is 1. The van der Waals surface area contributed by atoms with Gasteiger partial charge in [0.25, 0.3) is 0 Å². The summed E-state index contributed by atoms with van der Waals surface area (Å²) in [5, 5.41) is 36.1. The summed E-state index contributed by atoms with van der Waals surface area (Å²) in [5.41, 5.74) is 0.222. The van der Waals surface area contributed by atoms with E-state index in [0.717, 1.165) is 17.1 Å². The maximum atomic E-state index is 12.1. The Bertz CT molecular complexity index is 884. The van der Waals surface area contributed by atoms with Crippen molar-refractivity contribution in [2.75, 3.05) is 0 Å². The molecule has 0 saturated heterocycles. The largest absolute Gasteiger partial charge is 0.547 e. The summed E-state index contributed by atoms with van der Waals surface area (Å²) in [6.07, 6.45) is 2.31. The number of rotatable bonds is 5. The number of carboxylic acids is 1. The minimum absolute atomic E-state index is 0.0701. The second-order valence-electron chi connectivity index (χ2n) is 5.64. The van der Waals surface area contributed by atoms with E-state index >= 15 is 0 Å². The van der Waals surface area contributed by atoms with Gasteiger partial charge >= 0.3 is 18.8 Å². The Morgan fingerprint density at radius 2 is 2.27 bits per heavy atom. The maximum Gasteiger partial charge on any atom is 0.547 e. The molecule has 1 atom stereocenters. The molecule has 134 valence electrons. The lowest BCUT2D eigenvalue weighted by atomic mass is 9.72. The average molecular weight is 360 g/mol. The van der Waals surface area contributed by atoms with Crippen LogP contribution in [0, 0.1) is 10.1 Å². The van der Waals surface area contributed by atoms with E-state index in [4.69, 9.17) is 9.76 Å². The molecule has 1 aliphatic rings. The summed E-state index contributed by atoms with van der Waals surface area (Å²) < 4.78 is 6.37. The Hall–Kier alpha value is -3.41. The number of amides is 1. The van der Waals surface area contributed by atoms with Crippen molar-refractivity contribution >= 4 is 24.7 Å². The first kappa shape index (κ1) is 17.4. The normalized spacial score (nSPS) is 15.7. The highest BCUT2D eigenvalue weighted by Crippen LogP contribution is 2.30. The van der Waals surface area contributed by atoms with Gasteiger partial charge in [0.2, 0.25) is 5.91 Å². The number of para-hydroxylation sites is 1. The molecular weight excluding hydrogens is 347 g/mol. The summed E-state index contributed by atoms with van der Waals surface area (Å²) in [4.78, 5) is 33.3. The lowest BCUT2D eigenvalue weighted by Crippen LogP contribution is -2.53. The number of fused-ring (bicyclic) bond motifs is 1. The van der Waals surface area contributed by atoms with Gasteiger partial charge in [-0.25, -0.2) is 4.79 Å². The van der Waals surface area contributed by atoms with Crippen LogP contribution in [-0.2, 0) is 17.8 Å². The molecule has 2 aromatic rings. The van der Waals surface area contributed by atoms with E-state index in [1.165, 1.54) is 6.07 Å². The summed E-state index contributed by atoms with van der Waals surface area (Å²) in [5.74, 6) is -2.45. The molecule has 0 aliphatic carbocycles. The number of nitro groups is 1. The lowest BCUT2D eigenvalue weighted by molar-refractivity contribution is -0.385. The van der Waals surface area contributed by atoms with Crippen LogP contribution in [0.2, 0.25) is 0 Å². The monoisotopic (exact) mass is 360 g/mol. The van der Waals surface area contributed by atoms with Crippen molar-refractivity contribution in [3.8, 4) is 5.75 Å². The SMILES string of the molecule is O=C(Cn1cc([N+](=O)[O-])cn1)N[C@H]1Cc2cccc(C(=O)O)c2OB1O. The fourth-order valence-electron chi connectivity index (χ4n) is 2.65. The van der Waals surface area contributed by atoms with Crippen LogP contribution in [0.25, 0.3) is 0 Å². The molecule has 0 radical (unpaired) electrons. The van der Waals surface area contributed by atoms with Crippen LogP contribution >= 0.6 is 0 Å². The number of nitrogens with one attached hydrogen (secondary N) is 1. The molecule has 0 bridgehead atoms. The van der Waals surface area contributed by atoms with Crippen molar-refractivity contribution < 1.29 is 29.3 Å². The summed E-state index contributed by atoms with van der Waals surface area (Å²) >= 11 is 0. The molecule has 0 unspecified atom stereocenters. The Morgan fingerprint density at radius 3 is 2.92 bits per heavy atom. The molecule has 0 spiro atoms. The van der Waals surface area contributed by atoms with Crippen LogP contribution in [0.5, 0.6) is 5.75 Å². The molecule has 12 heteroatoms. The lowest BCUT2D eigenvalue weighted by Gasteiger charge is -2.28. The minimum Gasteiger partial charge on any atom is -0.534 e. The van der Waals surface area contributed by atoms with Gasteiger partial charge in [-0.15, -0.1) is 0 Å². The number of nitrogens with zero attached hydrogens (tertiary/aromatic N) is 3. The highest BCUT2D eigenvalue weighted by molar-refractivity contribution is 6.47. The molecule has 26 heavy (non-hydrogen) atoms. The second-order valence-corrected chi connectivity index (χ2v) is 5.64. The Balaban J connectivity index is 1.68. The highest BCUT2D eigenvalue weighted by Gasteiger charge is 2.37. The Labute approximate surface area is 146 Å². The fourth-order valence-corrected chi connectivity index (χ4v) is 2.65. The van der Waals surface area contributed by atoms with Gasteiger partial charge in [-0.3, -0.25) is 19.6 Å². The average Bonchev–Trinajstić information content (AvgIpc) is 3.03. The van der Waals surface area contributed by atoms with Gasteiger partial charge in [0.05, 0.1) is 16.4 Å². The van der Waals surface area contributed by atoms with Gasteiger partial charge in [0.1, 0.15) is 24.7 Å². The first-order chi connectivity index (χ1) is 12.3. The quantitative estimate of drug-likeness (QED) is 0.370. The van der Waals surface area contributed by atoms with Crippen LogP contribution in [0.1, 0.15) is 15.9 Å². The fraction of sp³-hybridized carbons (Fsp3) is 0.214. The van der Waals surface area contributed by atoms with Crippen molar-refractivity contribution in [1.29, 1.82) is 0 Å². The smallest absolute Gasteiger partial charge is 0.534 e. The zero-order valence-electron chi connectivity index (χ0n) is 13.2. The van der Waals surface area contributed by atoms with E-state index in [-0.39, 0.29) is 30.0 Å². The Morgan fingerprint density at radius 1 is 1.50 bits per heavy atom. The van der Waals surface area contributed by atoms with Gasteiger partial charge in [0, 0.05) is 0 Å². The highest BCUT2D eigenvalue weighted by atomic mass is 16.6. The zero-order valence-corrected chi connectivity index (χ0v) is 13.2. The van der Waals surface area contributed by atoms with Crippen LogP contribution in [-0.4, -0.2) is 49.8 Å². The molecule has 1 amide bonds. The van der Waals surface area contributed by atoms with Crippen LogP contribution in [0.4, 0.5) is 5.69 Å². The van der Waals surface area contributed by atoms with E-state index in [0.29, 0.717) is 5.56 Å². The maximum absolute atomic E-state index is 12.1. The second kappa shape index (κ2) is 6.84. The third-order valence-corrected chi connectivity index (χ3v) is 3.83. The number of aromatic carboxylic acids is 1. The molecule has 0 fully saturated rings. The molecule has 1 aromatic carbocycles. The van der Waals surface area contributed by atoms with Crippen LogP contribution in [0.3, 0.4) is 0 Å². The molecule has 11 nitrogen and oxygen atoms in total. The zero-order chi connectivity index (χ0) is 18.8. The van der Waals surface area contributed by atoms with Gasteiger partial charge in [-0.05, 0) is 18.1 Å². The number of hydrogen-bond donors (Lipinski definition) is 3. The topological polar surface area (TPSA) is 157 Å². The summed E-state index contributed by atoms with van der Waals surface area (Å²) in [6.45, 7) is -0.279. The molecule has 3 N–H and O–H groups in total. The van der Waals surface area contributed by atoms with E-state index in [2.05, 4.69) is 10.4 Å².